The molecule has 1 amide bonds. The summed E-state index contributed by atoms with van der Waals surface area (Å²) >= 11 is 1.69. The molecule has 1 aliphatic heterocycles. The number of carbonyl (C=O) groups is 1. The van der Waals surface area contributed by atoms with Crippen LogP contribution in [0, 0.1) is 0 Å². The molecular weight excluding hydrogens is 382 g/mol. The summed E-state index contributed by atoms with van der Waals surface area (Å²) in [6.07, 6.45) is 1.75. The molecule has 0 saturated carbocycles. The van der Waals surface area contributed by atoms with Gasteiger partial charge >= 0.3 is 0 Å². The number of aromatic nitrogens is 4. The zero-order valence-electron chi connectivity index (χ0n) is 15.9. The van der Waals surface area contributed by atoms with Crippen molar-refractivity contribution >= 4 is 17.2 Å². The summed E-state index contributed by atoms with van der Waals surface area (Å²) < 4.78 is 2.07. The Morgan fingerprint density at radius 1 is 1.03 bits per heavy atom. The molecule has 0 aliphatic carbocycles. The van der Waals surface area contributed by atoms with Crippen molar-refractivity contribution in [3.8, 4) is 22.0 Å². The SMILES string of the molecule is C[C@@H]1c2nnc(-c3ccccn3)n2CCN1C(=O)c1ccc(-c2cccs2)cc1. The molecule has 1 aromatic carbocycles. The van der Waals surface area contributed by atoms with Crippen LogP contribution in [-0.2, 0) is 6.54 Å². The molecule has 3 aromatic heterocycles. The van der Waals surface area contributed by atoms with E-state index in [1.807, 2.05) is 60.4 Å². The topological polar surface area (TPSA) is 63.9 Å². The maximum atomic E-state index is 13.2. The van der Waals surface area contributed by atoms with Crippen molar-refractivity contribution in [2.24, 2.45) is 0 Å². The summed E-state index contributed by atoms with van der Waals surface area (Å²) in [5.74, 6) is 1.56. The number of benzene rings is 1. The molecule has 6 nitrogen and oxygen atoms in total. The third kappa shape index (κ3) is 3.13. The fourth-order valence-electron chi connectivity index (χ4n) is 3.73. The molecule has 0 saturated heterocycles. The first kappa shape index (κ1) is 17.8. The van der Waals surface area contributed by atoms with Gasteiger partial charge in [-0.05, 0) is 48.2 Å². The van der Waals surface area contributed by atoms with Gasteiger partial charge in [-0.3, -0.25) is 9.78 Å². The van der Waals surface area contributed by atoms with Crippen LogP contribution in [0.3, 0.4) is 0 Å². The van der Waals surface area contributed by atoms with Gasteiger partial charge in [0.2, 0.25) is 0 Å². The fourth-order valence-corrected chi connectivity index (χ4v) is 4.47. The second-order valence-corrected chi connectivity index (χ2v) is 7.93. The lowest BCUT2D eigenvalue weighted by Crippen LogP contribution is -2.41. The van der Waals surface area contributed by atoms with E-state index in [0.29, 0.717) is 18.7 Å². The molecule has 0 fully saturated rings. The van der Waals surface area contributed by atoms with E-state index >= 15 is 0 Å². The minimum Gasteiger partial charge on any atom is -0.327 e. The highest BCUT2D eigenvalue weighted by Crippen LogP contribution is 2.30. The van der Waals surface area contributed by atoms with Crippen LogP contribution in [0.1, 0.15) is 29.1 Å². The van der Waals surface area contributed by atoms with Crippen LogP contribution in [-0.4, -0.2) is 37.1 Å². The van der Waals surface area contributed by atoms with E-state index in [1.165, 1.54) is 4.88 Å². The van der Waals surface area contributed by atoms with Crippen molar-refractivity contribution in [3.05, 3.63) is 77.6 Å². The lowest BCUT2D eigenvalue weighted by atomic mass is 10.1. The molecule has 1 atom stereocenters. The Hall–Kier alpha value is -3.32. The fraction of sp³-hybridized carbons (Fsp3) is 0.182. The zero-order valence-corrected chi connectivity index (χ0v) is 16.7. The minimum absolute atomic E-state index is 0.0175. The van der Waals surface area contributed by atoms with Gasteiger partial charge in [-0.25, -0.2) is 0 Å². The summed E-state index contributed by atoms with van der Waals surface area (Å²) in [4.78, 5) is 20.6. The Morgan fingerprint density at radius 3 is 2.62 bits per heavy atom. The van der Waals surface area contributed by atoms with Crippen LogP contribution in [0.2, 0.25) is 0 Å². The maximum Gasteiger partial charge on any atom is 0.254 e. The maximum absolute atomic E-state index is 13.2. The summed E-state index contributed by atoms with van der Waals surface area (Å²) in [6, 6.07) is 17.5. The van der Waals surface area contributed by atoms with E-state index in [2.05, 4.69) is 31.2 Å². The van der Waals surface area contributed by atoms with E-state index in [0.717, 1.165) is 22.9 Å². The number of hydrogen-bond acceptors (Lipinski definition) is 5. The molecule has 1 aliphatic rings. The van der Waals surface area contributed by atoms with Gasteiger partial charge in [0, 0.05) is 29.7 Å². The van der Waals surface area contributed by atoms with Crippen LogP contribution in [0.15, 0.2) is 66.2 Å². The number of amides is 1. The minimum atomic E-state index is -0.154. The lowest BCUT2D eigenvalue weighted by molar-refractivity contribution is 0.0638. The Kier molecular flexibility index (Phi) is 4.44. The molecule has 4 aromatic rings. The number of carbonyl (C=O) groups excluding carboxylic acids is 1. The van der Waals surface area contributed by atoms with Gasteiger partial charge in [-0.2, -0.15) is 0 Å². The molecule has 29 heavy (non-hydrogen) atoms. The van der Waals surface area contributed by atoms with Crippen molar-refractivity contribution in [2.45, 2.75) is 19.5 Å². The quantitative estimate of drug-likeness (QED) is 0.514. The predicted molar refractivity (Wildman–Crippen MR) is 112 cm³/mol. The highest BCUT2D eigenvalue weighted by Gasteiger charge is 2.32. The first-order chi connectivity index (χ1) is 14.2. The first-order valence-corrected chi connectivity index (χ1v) is 10.4. The van der Waals surface area contributed by atoms with Gasteiger partial charge in [0.25, 0.3) is 5.91 Å². The van der Waals surface area contributed by atoms with Crippen molar-refractivity contribution < 1.29 is 4.79 Å². The number of fused-ring (bicyclic) bond motifs is 1. The standard InChI is InChI=1S/C22H19N5OS/c1-15-20-24-25-21(18-5-2-3-11-23-18)27(20)13-12-26(15)22(28)17-9-7-16(8-10-17)19-6-4-14-29-19/h2-11,14-15H,12-13H2,1H3/t15-/m1/s1. The summed E-state index contributed by atoms with van der Waals surface area (Å²) in [5.41, 5.74) is 2.61. The second kappa shape index (κ2) is 7.25. The van der Waals surface area contributed by atoms with Crippen LogP contribution in [0.5, 0.6) is 0 Å². The predicted octanol–water partition coefficient (Wildman–Crippen LogP) is 4.29. The second-order valence-electron chi connectivity index (χ2n) is 6.98. The van der Waals surface area contributed by atoms with Gasteiger partial charge in [0.05, 0.1) is 6.04 Å². The molecule has 5 rings (SSSR count). The Labute approximate surface area is 172 Å². The normalized spacial score (nSPS) is 15.9. The monoisotopic (exact) mass is 401 g/mol. The highest BCUT2D eigenvalue weighted by molar-refractivity contribution is 7.13. The van der Waals surface area contributed by atoms with Gasteiger partial charge in [-0.1, -0.05) is 24.3 Å². The Balaban J connectivity index is 1.39. The first-order valence-electron chi connectivity index (χ1n) is 9.52. The van der Waals surface area contributed by atoms with Crippen LogP contribution < -0.4 is 0 Å². The van der Waals surface area contributed by atoms with Crippen molar-refractivity contribution in [2.75, 3.05) is 6.54 Å². The van der Waals surface area contributed by atoms with Crippen LogP contribution >= 0.6 is 11.3 Å². The van der Waals surface area contributed by atoms with E-state index in [1.54, 1.807) is 17.5 Å². The molecule has 144 valence electrons. The Morgan fingerprint density at radius 2 is 1.90 bits per heavy atom. The largest absolute Gasteiger partial charge is 0.327 e. The Bertz CT molecular complexity index is 1140. The molecular formula is C22H19N5OS. The molecule has 0 bridgehead atoms. The average Bonchev–Trinajstić information content (AvgIpc) is 3.45. The number of hydrogen-bond donors (Lipinski definition) is 0. The smallest absolute Gasteiger partial charge is 0.254 e. The van der Waals surface area contributed by atoms with Gasteiger partial charge in [-0.15, -0.1) is 21.5 Å². The van der Waals surface area contributed by atoms with Gasteiger partial charge in [0.15, 0.2) is 11.6 Å². The van der Waals surface area contributed by atoms with Gasteiger partial charge < -0.3 is 9.47 Å². The van der Waals surface area contributed by atoms with Crippen molar-refractivity contribution in [3.63, 3.8) is 0 Å². The summed E-state index contributed by atoms with van der Waals surface area (Å²) in [5, 5.41) is 10.8. The molecule has 0 unspecified atom stereocenters. The number of nitrogens with zero attached hydrogens (tertiary/aromatic N) is 5. The van der Waals surface area contributed by atoms with E-state index in [4.69, 9.17) is 0 Å². The van der Waals surface area contributed by atoms with Crippen LogP contribution in [0.25, 0.3) is 22.0 Å². The lowest BCUT2D eigenvalue weighted by Gasteiger charge is -2.33. The highest BCUT2D eigenvalue weighted by atomic mass is 32.1. The van der Waals surface area contributed by atoms with E-state index in [9.17, 15) is 4.79 Å². The van der Waals surface area contributed by atoms with Crippen molar-refractivity contribution in [1.29, 1.82) is 0 Å². The third-order valence-corrected chi connectivity index (χ3v) is 6.20. The van der Waals surface area contributed by atoms with Crippen LogP contribution in [0.4, 0.5) is 0 Å². The molecule has 0 N–H and O–H groups in total. The number of rotatable bonds is 3. The molecule has 0 radical (unpaired) electrons. The van der Waals surface area contributed by atoms with E-state index in [-0.39, 0.29) is 11.9 Å². The number of thiophene rings is 1. The third-order valence-electron chi connectivity index (χ3n) is 5.28. The molecule has 0 spiro atoms. The van der Waals surface area contributed by atoms with E-state index < -0.39 is 0 Å². The average molecular weight is 401 g/mol. The summed E-state index contributed by atoms with van der Waals surface area (Å²) in [7, 11) is 0. The molecule has 7 heteroatoms. The molecule has 4 heterocycles. The van der Waals surface area contributed by atoms with Crippen molar-refractivity contribution in [1.82, 2.24) is 24.6 Å². The van der Waals surface area contributed by atoms with Gasteiger partial charge in [0.1, 0.15) is 5.69 Å². The number of pyridine rings is 1. The zero-order chi connectivity index (χ0) is 19.8. The summed E-state index contributed by atoms with van der Waals surface area (Å²) in [6.45, 7) is 3.26.